The molecule has 2 unspecified atom stereocenters. The molecule has 1 aliphatic heterocycles. The van der Waals surface area contributed by atoms with Crippen molar-refractivity contribution in [2.45, 2.75) is 39.3 Å². The van der Waals surface area contributed by atoms with Gasteiger partial charge in [0.05, 0.1) is 25.4 Å². The van der Waals surface area contributed by atoms with Gasteiger partial charge in [-0.1, -0.05) is 6.92 Å². The van der Waals surface area contributed by atoms with Gasteiger partial charge in [-0.3, -0.25) is 4.79 Å². The second-order valence-electron chi connectivity index (χ2n) is 4.68. The van der Waals surface area contributed by atoms with Crippen LogP contribution in [0.15, 0.2) is 0 Å². The minimum Gasteiger partial charge on any atom is -0.481 e. The Balaban J connectivity index is 2.77. The highest BCUT2D eigenvalue weighted by Crippen LogP contribution is 2.21. The van der Waals surface area contributed by atoms with Crippen molar-refractivity contribution in [2.24, 2.45) is 5.92 Å². The van der Waals surface area contributed by atoms with Gasteiger partial charge in [0.25, 0.3) is 0 Å². The number of carbonyl (C=O) groups is 2. The second kappa shape index (κ2) is 6.58. The van der Waals surface area contributed by atoms with Crippen LogP contribution in [0.4, 0.5) is 4.79 Å². The molecule has 6 nitrogen and oxygen atoms in total. The van der Waals surface area contributed by atoms with E-state index in [-0.39, 0.29) is 19.3 Å². The lowest BCUT2D eigenvalue weighted by molar-refractivity contribution is -0.143. The van der Waals surface area contributed by atoms with Gasteiger partial charge in [-0.05, 0) is 20.3 Å². The Morgan fingerprint density at radius 1 is 1.44 bits per heavy atom. The minimum absolute atomic E-state index is 0.148. The van der Waals surface area contributed by atoms with Crippen LogP contribution in [-0.2, 0) is 14.3 Å². The Labute approximate surface area is 107 Å². The van der Waals surface area contributed by atoms with E-state index in [0.29, 0.717) is 6.54 Å². The number of rotatable bonds is 5. The van der Waals surface area contributed by atoms with Crippen LogP contribution in [0.3, 0.4) is 0 Å². The number of carbonyl (C=O) groups excluding carboxylic acids is 1. The molecule has 1 rings (SSSR count). The summed E-state index contributed by atoms with van der Waals surface area (Å²) >= 11 is 0. The highest BCUT2D eigenvalue weighted by molar-refractivity contribution is 5.74. The standard InChI is InChI=1S/C12H21NO5/c1-4-5-13(12(16)18-8(2)3)10-7-17-6-9(10)11(14)15/h8-10H,4-7H2,1-3H3,(H,14,15). The fourth-order valence-corrected chi connectivity index (χ4v) is 1.99. The maximum atomic E-state index is 12.0. The lowest BCUT2D eigenvalue weighted by atomic mass is 10.0. The number of ether oxygens (including phenoxy) is 2. The summed E-state index contributed by atoms with van der Waals surface area (Å²) in [5, 5.41) is 9.11. The van der Waals surface area contributed by atoms with Crippen molar-refractivity contribution < 1.29 is 24.2 Å². The van der Waals surface area contributed by atoms with Crippen molar-refractivity contribution in [2.75, 3.05) is 19.8 Å². The zero-order chi connectivity index (χ0) is 13.7. The Morgan fingerprint density at radius 2 is 2.11 bits per heavy atom. The van der Waals surface area contributed by atoms with E-state index >= 15 is 0 Å². The van der Waals surface area contributed by atoms with Crippen LogP contribution in [0.1, 0.15) is 27.2 Å². The van der Waals surface area contributed by atoms with E-state index in [9.17, 15) is 9.59 Å². The third-order valence-corrected chi connectivity index (χ3v) is 2.80. The first-order valence-electron chi connectivity index (χ1n) is 6.25. The molecule has 0 bridgehead atoms. The SMILES string of the molecule is CCCN(C(=O)OC(C)C)C1COCC1C(=O)O. The summed E-state index contributed by atoms with van der Waals surface area (Å²) in [6.45, 7) is 6.34. The molecule has 18 heavy (non-hydrogen) atoms. The quantitative estimate of drug-likeness (QED) is 0.806. The lowest BCUT2D eigenvalue weighted by Gasteiger charge is -2.30. The van der Waals surface area contributed by atoms with E-state index in [1.807, 2.05) is 6.92 Å². The van der Waals surface area contributed by atoms with Gasteiger partial charge >= 0.3 is 12.1 Å². The number of carboxylic acid groups (broad SMARTS) is 1. The van der Waals surface area contributed by atoms with Crippen molar-refractivity contribution in [3.8, 4) is 0 Å². The largest absolute Gasteiger partial charge is 0.481 e. The van der Waals surface area contributed by atoms with E-state index in [0.717, 1.165) is 6.42 Å². The zero-order valence-electron chi connectivity index (χ0n) is 11.1. The van der Waals surface area contributed by atoms with E-state index in [1.165, 1.54) is 4.90 Å². The maximum absolute atomic E-state index is 12.0. The Morgan fingerprint density at radius 3 is 2.61 bits per heavy atom. The first-order valence-corrected chi connectivity index (χ1v) is 6.25. The number of hydrogen-bond acceptors (Lipinski definition) is 4. The molecule has 0 aromatic carbocycles. The summed E-state index contributed by atoms with van der Waals surface area (Å²) < 4.78 is 10.3. The maximum Gasteiger partial charge on any atom is 0.410 e. The third-order valence-electron chi connectivity index (χ3n) is 2.80. The molecule has 0 saturated carbocycles. The average Bonchev–Trinajstić information content (AvgIpc) is 2.73. The molecule has 1 fully saturated rings. The van der Waals surface area contributed by atoms with Crippen LogP contribution in [0.5, 0.6) is 0 Å². The Kier molecular flexibility index (Phi) is 5.40. The van der Waals surface area contributed by atoms with Gasteiger partial charge in [0.15, 0.2) is 0 Å². The highest BCUT2D eigenvalue weighted by atomic mass is 16.6. The molecule has 104 valence electrons. The molecule has 1 N–H and O–H groups in total. The first kappa shape index (κ1) is 14.8. The summed E-state index contributed by atoms with van der Waals surface area (Å²) in [7, 11) is 0. The highest BCUT2D eigenvalue weighted by Gasteiger charge is 2.40. The first-order chi connectivity index (χ1) is 8.47. The van der Waals surface area contributed by atoms with E-state index in [4.69, 9.17) is 14.6 Å². The predicted octanol–water partition coefficient (Wildman–Crippen LogP) is 1.34. The lowest BCUT2D eigenvalue weighted by Crippen LogP contribution is -2.47. The van der Waals surface area contributed by atoms with Crippen LogP contribution in [0.2, 0.25) is 0 Å². The molecule has 6 heteroatoms. The topological polar surface area (TPSA) is 76.1 Å². The van der Waals surface area contributed by atoms with Crippen molar-refractivity contribution in [1.29, 1.82) is 0 Å². The van der Waals surface area contributed by atoms with Crippen molar-refractivity contribution in [3.05, 3.63) is 0 Å². The molecule has 0 aromatic rings. The summed E-state index contributed by atoms with van der Waals surface area (Å²) in [5.74, 6) is -1.60. The Bertz CT molecular complexity index is 305. The third kappa shape index (κ3) is 3.60. The van der Waals surface area contributed by atoms with Gasteiger partial charge in [0, 0.05) is 6.54 Å². The van der Waals surface area contributed by atoms with Crippen molar-refractivity contribution >= 4 is 12.1 Å². The van der Waals surface area contributed by atoms with Gasteiger partial charge in [-0.2, -0.15) is 0 Å². The average molecular weight is 259 g/mol. The molecule has 1 aliphatic rings. The Hall–Kier alpha value is -1.30. The van der Waals surface area contributed by atoms with Gasteiger partial charge in [-0.25, -0.2) is 4.79 Å². The van der Waals surface area contributed by atoms with Crippen LogP contribution in [-0.4, -0.2) is 54.0 Å². The summed E-state index contributed by atoms with van der Waals surface area (Å²) in [6.07, 6.45) is 0.0619. The molecule has 0 aromatic heterocycles. The molecule has 0 aliphatic carbocycles. The van der Waals surface area contributed by atoms with E-state index in [1.54, 1.807) is 13.8 Å². The van der Waals surface area contributed by atoms with Crippen LogP contribution < -0.4 is 0 Å². The number of carboxylic acids is 1. The molecular weight excluding hydrogens is 238 g/mol. The molecule has 2 atom stereocenters. The van der Waals surface area contributed by atoms with Crippen molar-refractivity contribution in [3.63, 3.8) is 0 Å². The van der Waals surface area contributed by atoms with Crippen LogP contribution >= 0.6 is 0 Å². The summed E-state index contributed by atoms with van der Waals surface area (Å²) in [5.41, 5.74) is 0. The van der Waals surface area contributed by atoms with Crippen LogP contribution in [0, 0.1) is 5.92 Å². The number of amides is 1. The van der Waals surface area contributed by atoms with Gasteiger partial charge in [-0.15, -0.1) is 0 Å². The normalized spacial score (nSPS) is 23.1. The van der Waals surface area contributed by atoms with Crippen LogP contribution in [0.25, 0.3) is 0 Å². The van der Waals surface area contributed by atoms with Gasteiger partial charge in [0.1, 0.15) is 5.92 Å². The molecule has 1 saturated heterocycles. The molecular formula is C12H21NO5. The fourth-order valence-electron chi connectivity index (χ4n) is 1.99. The van der Waals surface area contributed by atoms with Crippen molar-refractivity contribution in [1.82, 2.24) is 4.90 Å². The number of hydrogen-bond donors (Lipinski definition) is 1. The minimum atomic E-state index is -0.934. The molecule has 1 heterocycles. The number of aliphatic carboxylic acids is 1. The molecule has 0 spiro atoms. The smallest absolute Gasteiger partial charge is 0.410 e. The molecule has 0 radical (unpaired) electrons. The second-order valence-corrected chi connectivity index (χ2v) is 4.68. The van der Waals surface area contributed by atoms with Gasteiger partial charge < -0.3 is 19.5 Å². The van der Waals surface area contributed by atoms with Gasteiger partial charge in [0.2, 0.25) is 0 Å². The zero-order valence-corrected chi connectivity index (χ0v) is 11.1. The van der Waals surface area contributed by atoms with E-state index in [2.05, 4.69) is 0 Å². The number of nitrogens with zero attached hydrogens (tertiary/aromatic N) is 1. The summed E-state index contributed by atoms with van der Waals surface area (Å²) in [4.78, 5) is 24.5. The summed E-state index contributed by atoms with van der Waals surface area (Å²) in [6, 6.07) is -0.436. The fraction of sp³-hybridized carbons (Fsp3) is 0.833. The molecule has 1 amide bonds. The predicted molar refractivity (Wildman–Crippen MR) is 64.3 cm³/mol. The monoisotopic (exact) mass is 259 g/mol. The van der Waals surface area contributed by atoms with E-state index < -0.39 is 24.0 Å².